The maximum Gasteiger partial charge on any atom is 0.128 e. The molecule has 0 saturated carbocycles. The Bertz CT molecular complexity index is 347. The summed E-state index contributed by atoms with van der Waals surface area (Å²) in [5, 5.41) is 9.67. The van der Waals surface area contributed by atoms with Crippen molar-refractivity contribution in [1.29, 1.82) is 0 Å². The van der Waals surface area contributed by atoms with Crippen molar-refractivity contribution in [3.05, 3.63) is 23.8 Å². The minimum absolute atomic E-state index is 0.503. The van der Waals surface area contributed by atoms with Gasteiger partial charge in [-0.3, -0.25) is 0 Å². The summed E-state index contributed by atoms with van der Waals surface area (Å²) in [5.74, 6) is 1.95. The van der Waals surface area contributed by atoms with E-state index in [0.29, 0.717) is 18.3 Å². The van der Waals surface area contributed by atoms with E-state index in [4.69, 9.17) is 9.47 Å². The summed E-state index contributed by atoms with van der Waals surface area (Å²) < 4.78 is 10.9. The molecule has 3 nitrogen and oxygen atoms in total. The monoisotopic (exact) mass is 238 g/mol. The Morgan fingerprint density at radius 2 is 2.00 bits per heavy atom. The van der Waals surface area contributed by atoms with E-state index in [1.54, 1.807) is 14.0 Å². The zero-order valence-corrected chi connectivity index (χ0v) is 11.1. The Hall–Kier alpha value is -1.22. The number of methoxy groups -OCH3 is 1. The second-order valence-electron chi connectivity index (χ2n) is 4.40. The van der Waals surface area contributed by atoms with Crippen LogP contribution in [-0.2, 0) is 0 Å². The van der Waals surface area contributed by atoms with Gasteiger partial charge in [0.15, 0.2) is 0 Å². The van der Waals surface area contributed by atoms with Crippen LogP contribution in [0.25, 0.3) is 0 Å². The largest absolute Gasteiger partial charge is 0.497 e. The van der Waals surface area contributed by atoms with E-state index in [2.05, 4.69) is 13.8 Å². The Kier molecular flexibility index (Phi) is 5.29. The van der Waals surface area contributed by atoms with Crippen molar-refractivity contribution in [2.24, 2.45) is 5.92 Å². The van der Waals surface area contributed by atoms with Crippen molar-refractivity contribution < 1.29 is 14.6 Å². The molecule has 0 aliphatic heterocycles. The molecule has 1 N–H and O–H groups in total. The Labute approximate surface area is 103 Å². The number of aliphatic hydroxyl groups excluding tert-OH is 1. The summed E-state index contributed by atoms with van der Waals surface area (Å²) in [6.45, 7) is 6.67. The first-order chi connectivity index (χ1) is 8.08. The molecule has 0 amide bonds. The predicted octanol–water partition coefficient (Wildman–Crippen LogP) is 3.17. The first-order valence-electron chi connectivity index (χ1n) is 6.07. The predicted molar refractivity (Wildman–Crippen MR) is 68.6 cm³/mol. The third-order valence-corrected chi connectivity index (χ3v) is 2.89. The molecular formula is C14H22O3. The fraction of sp³-hybridized carbons (Fsp3) is 0.571. The lowest BCUT2D eigenvalue weighted by Gasteiger charge is -2.16. The number of hydrogen-bond donors (Lipinski definition) is 1. The van der Waals surface area contributed by atoms with Gasteiger partial charge in [0.05, 0.1) is 19.8 Å². The summed E-state index contributed by atoms with van der Waals surface area (Å²) in [4.78, 5) is 0. The van der Waals surface area contributed by atoms with Crippen LogP contribution >= 0.6 is 0 Å². The first kappa shape index (κ1) is 13.8. The van der Waals surface area contributed by atoms with Crippen LogP contribution in [0, 0.1) is 5.92 Å². The van der Waals surface area contributed by atoms with E-state index >= 15 is 0 Å². The average molecular weight is 238 g/mol. The molecule has 2 atom stereocenters. The summed E-state index contributed by atoms with van der Waals surface area (Å²) >= 11 is 0. The van der Waals surface area contributed by atoms with Crippen LogP contribution in [-0.4, -0.2) is 18.8 Å². The van der Waals surface area contributed by atoms with E-state index < -0.39 is 6.10 Å². The van der Waals surface area contributed by atoms with Crippen molar-refractivity contribution in [1.82, 2.24) is 0 Å². The maximum atomic E-state index is 9.67. The molecule has 1 aromatic carbocycles. The standard InChI is InChI=1S/C14H22O3/c1-5-10(2)9-17-14-8-12(16-4)6-7-13(14)11(3)15/h6-8,10-11,15H,5,9H2,1-4H3/t10?,11-/m0/s1. The SMILES string of the molecule is CCC(C)COc1cc(OC)ccc1[C@H](C)O. The summed E-state index contributed by atoms with van der Waals surface area (Å²) in [6.07, 6.45) is 0.543. The topological polar surface area (TPSA) is 38.7 Å². The number of aliphatic hydroxyl groups is 1. The molecule has 0 aliphatic rings. The normalized spacial score (nSPS) is 14.2. The zero-order chi connectivity index (χ0) is 12.8. The molecule has 0 bridgehead atoms. The molecule has 0 heterocycles. The van der Waals surface area contributed by atoms with Gasteiger partial charge in [-0.25, -0.2) is 0 Å². The first-order valence-corrected chi connectivity index (χ1v) is 6.07. The lowest BCUT2D eigenvalue weighted by Crippen LogP contribution is -2.09. The van der Waals surface area contributed by atoms with E-state index in [0.717, 1.165) is 17.7 Å². The Morgan fingerprint density at radius 3 is 2.53 bits per heavy atom. The number of ether oxygens (including phenoxy) is 2. The summed E-state index contributed by atoms with van der Waals surface area (Å²) in [6, 6.07) is 5.50. The minimum Gasteiger partial charge on any atom is -0.497 e. The molecule has 1 aromatic rings. The van der Waals surface area contributed by atoms with Crippen LogP contribution in [0.1, 0.15) is 38.9 Å². The minimum atomic E-state index is -0.534. The summed E-state index contributed by atoms with van der Waals surface area (Å²) in [7, 11) is 1.62. The quantitative estimate of drug-likeness (QED) is 0.827. The van der Waals surface area contributed by atoms with Crippen molar-refractivity contribution >= 4 is 0 Å². The lowest BCUT2D eigenvalue weighted by molar-refractivity contribution is 0.186. The van der Waals surface area contributed by atoms with E-state index in [9.17, 15) is 5.11 Å². The van der Waals surface area contributed by atoms with Gasteiger partial charge in [-0.2, -0.15) is 0 Å². The third kappa shape index (κ3) is 3.93. The zero-order valence-electron chi connectivity index (χ0n) is 11.1. The molecular weight excluding hydrogens is 216 g/mol. The molecule has 0 aliphatic carbocycles. The van der Waals surface area contributed by atoms with Crippen molar-refractivity contribution in [3.8, 4) is 11.5 Å². The molecule has 0 aromatic heterocycles. The second-order valence-corrected chi connectivity index (χ2v) is 4.40. The molecule has 3 heteroatoms. The molecule has 0 saturated heterocycles. The lowest BCUT2D eigenvalue weighted by atomic mass is 10.1. The Morgan fingerprint density at radius 1 is 1.29 bits per heavy atom. The Balaban J connectivity index is 2.85. The van der Waals surface area contributed by atoms with Gasteiger partial charge in [0, 0.05) is 11.6 Å². The number of hydrogen-bond acceptors (Lipinski definition) is 3. The van der Waals surface area contributed by atoms with Crippen molar-refractivity contribution in [2.45, 2.75) is 33.3 Å². The van der Waals surface area contributed by atoms with Crippen LogP contribution in [0.3, 0.4) is 0 Å². The van der Waals surface area contributed by atoms with Gasteiger partial charge >= 0.3 is 0 Å². The molecule has 0 fully saturated rings. The van der Waals surface area contributed by atoms with Gasteiger partial charge in [-0.1, -0.05) is 20.3 Å². The van der Waals surface area contributed by atoms with Crippen LogP contribution in [0.5, 0.6) is 11.5 Å². The van der Waals surface area contributed by atoms with Gasteiger partial charge in [0.2, 0.25) is 0 Å². The fourth-order valence-corrected chi connectivity index (χ4v) is 1.46. The maximum absolute atomic E-state index is 9.67. The van der Waals surface area contributed by atoms with Gasteiger partial charge in [0.25, 0.3) is 0 Å². The molecule has 17 heavy (non-hydrogen) atoms. The van der Waals surface area contributed by atoms with Gasteiger partial charge in [-0.05, 0) is 25.0 Å². The number of rotatable bonds is 6. The second kappa shape index (κ2) is 6.50. The fourth-order valence-electron chi connectivity index (χ4n) is 1.46. The van der Waals surface area contributed by atoms with Crippen molar-refractivity contribution in [3.63, 3.8) is 0 Å². The van der Waals surface area contributed by atoms with Crippen LogP contribution in [0.2, 0.25) is 0 Å². The molecule has 1 rings (SSSR count). The van der Waals surface area contributed by atoms with E-state index in [1.807, 2.05) is 18.2 Å². The van der Waals surface area contributed by atoms with Gasteiger partial charge in [0.1, 0.15) is 11.5 Å². The van der Waals surface area contributed by atoms with Crippen molar-refractivity contribution in [2.75, 3.05) is 13.7 Å². The highest BCUT2D eigenvalue weighted by atomic mass is 16.5. The highest BCUT2D eigenvalue weighted by molar-refractivity contribution is 5.41. The third-order valence-electron chi connectivity index (χ3n) is 2.89. The molecule has 96 valence electrons. The van der Waals surface area contributed by atoms with Crippen LogP contribution < -0.4 is 9.47 Å². The van der Waals surface area contributed by atoms with Gasteiger partial charge < -0.3 is 14.6 Å². The molecule has 1 unspecified atom stereocenters. The highest BCUT2D eigenvalue weighted by Crippen LogP contribution is 2.29. The number of benzene rings is 1. The van der Waals surface area contributed by atoms with E-state index in [1.165, 1.54) is 0 Å². The molecule has 0 spiro atoms. The summed E-state index contributed by atoms with van der Waals surface area (Å²) in [5.41, 5.74) is 0.800. The highest BCUT2D eigenvalue weighted by Gasteiger charge is 2.11. The average Bonchev–Trinajstić information content (AvgIpc) is 2.35. The van der Waals surface area contributed by atoms with E-state index in [-0.39, 0.29) is 0 Å². The molecule has 0 radical (unpaired) electrons. The van der Waals surface area contributed by atoms with Crippen LogP contribution in [0.4, 0.5) is 0 Å². The smallest absolute Gasteiger partial charge is 0.128 e. The van der Waals surface area contributed by atoms with Crippen LogP contribution in [0.15, 0.2) is 18.2 Å². The van der Waals surface area contributed by atoms with Gasteiger partial charge in [-0.15, -0.1) is 0 Å².